The Morgan fingerprint density at radius 3 is 2.63 bits per heavy atom. The quantitative estimate of drug-likeness (QED) is 0.607. The minimum Gasteiger partial charge on any atom is -0.497 e. The van der Waals surface area contributed by atoms with Gasteiger partial charge in [-0.05, 0) is 68.4 Å². The topological polar surface area (TPSA) is 54.5 Å². The lowest BCUT2D eigenvalue weighted by molar-refractivity contribution is -0.136. The van der Waals surface area contributed by atoms with E-state index in [0.717, 1.165) is 74.9 Å². The van der Waals surface area contributed by atoms with Crippen LogP contribution in [0.1, 0.15) is 18.4 Å². The molecule has 0 unspecified atom stereocenters. The lowest BCUT2D eigenvalue weighted by Crippen LogP contribution is -2.46. The summed E-state index contributed by atoms with van der Waals surface area (Å²) in [4.78, 5) is 21.7. The van der Waals surface area contributed by atoms with Gasteiger partial charge in [0, 0.05) is 42.9 Å². The summed E-state index contributed by atoms with van der Waals surface area (Å²) in [7, 11) is 3.82. The van der Waals surface area contributed by atoms with E-state index in [0.29, 0.717) is 18.5 Å². The van der Waals surface area contributed by atoms with Gasteiger partial charge in [-0.15, -0.1) is 11.8 Å². The Morgan fingerprint density at radius 2 is 1.83 bits per heavy atom. The molecule has 3 aliphatic heterocycles. The Hall–Kier alpha value is -2.42. The van der Waals surface area contributed by atoms with Gasteiger partial charge in [0.25, 0.3) is 0 Å². The number of carbonyl (C=O) groups excluding carboxylic acids is 1. The molecule has 0 N–H and O–H groups in total. The van der Waals surface area contributed by atoms with Crippen LogP contribution in [-0.2, 0) is 11.3 Å². The normalized spacial score (nSPS) is 23.2. The SMILES string of the molecule is COc1ccc(S[C@@H]2C[C@@H](C(=O)N3CCCN(C)CC3)N(Cc3ccc4c(c3)OCCO4)C2)cc1. The fraction of sp³-hybridized carbons (Fsp3) is 0.519. The maximum Gasteiger partial charge on any atom is 0.240 e. The molecular formula is C27H35N3O4S. The zero-order valence-corrected chi connectivity index (χ0v) is 21.5. The fourth-order valence-electron chi connectivity index (χ4n) is 5.12. The summed E-state index contributed by atoms with van der Waals surface area (Å²) < 4.78 is 16.8. The molecule has 35 heavy (non-hydrogen) atoms. The molecule has 5 rings (SSSR count). The molecule has 0 aliphatic carbocycles. The number of methoxy groups -OCH3 is 1. The highest BCUT2D eigenvalue weighted by Gasteiger charge is 2.39. The molecule has 2 fully saturated rings. The molecular weight excluding hydrogens is 462 g/mol. The summed E-state index contributed by atoms with van der Waals surface area (Å²) in [5, 5.41) is 0.351. The molecule has 0 bridgehead atoms. The molecule has 7 nitrogen and oxygen atoms in total. The van der Waals surface area contributed by atoms with Crippen LogP contribution in [0.5, 0.6) is 17.2 Å². The standard InChI is InChI=1S/C27H35N3O4S/c1-28-10-3-11-29(13-12-28)27(31)24-17-23(35-22-7-5-21(32-2)6-8-22)19-30(24)18-20-4-9-25-26(16-20)34-15-14-33-25/h4-9,16,23-24H,3,10-15,17-19H2,1-2H3/t23-,24+/m1/s1. The van der Waals surface area contributed by atoms with Gasteiger partial charge in [-0.3, -0.25) is 9.69 Å². The van der Waals surface area contributed by atoms with Gasteiger partial charge in [0.1, 0.15) is 19.0 Å². The van der Waals surface area contributed by atoms with Crippen LogP contribution in [0.4, 0.5) is 0 Å². The number of rotatable bonds is 6. The summed E-state index contributed by atoms with van der Waals surface area (Å²) >= 11 is 1.86. The van der Waals surface area contributed by atoms with E-state index in [1.54, 1.807) is 7.11 Å². The maximum absolute atomic E-state index is 13.8. The van der Waals surface area contributed by atoms with E-state index >= 15 is 0 Å². The molecule has 0 spiro atoms. The highest BCUT2D eigenvalue weighted by molar-refractivity contribution is 8.00. The second-order valence-corrected chi connectivity index (χ2v) is 10.9. The van der Waals surface area contributed by atoms with E-state index in [9.17, 15) is 4.79 Å². The summed E-state index contributed by atoms with van der Waals surface area (Å²) in [6.45, 7) is 6.38. The van der Waals surface area contributed by atoms with Crippen LogP contribution in [0.3, 0.4) is 0 Å². The van der Waals surface area contributed by atoms with Crippen molar-refractivity contribution in [1.29, 1.82) is 0 Å². The van der Waals surface area contributed by atoms with Crippen molar-refractivity contribution in [2.45, 2.75) is 35.6 Å². The zero-order valence-electron chi connectivity index (χ0n) is 20.7. The molecule has 188 valence electrons. The van der Waals surface area contributed by atoms with Crippen LogP contribution in [0.15, 0.2) is 47.4 Å². The van der Waals surface area contributed by atoms with E-state index in [-0.39, 0.29) is 11.9 Å². The Kier molecular flexibility index (Phi) is 7.70. The molecule has 3 aliphatic rings. The van der Waals surface area contributed by atoms with Crippen molar-refractivity contribution in [2.24, 2.45) is 0 Å². The van der Waals surface area contributed by atoms with E-state index in [4.69, 9.17) is 14.2 Å². The molecule has 1 amide bonds. The average molecular weight is 498 g/mol. The van der Waals surface area contributed by atoms with Crippen LogP contribution in [0.2, 0.25) is 0 Å². The van der Waals surface area contributed by atoms with Crippen molar-refractivity contribution in [1.82, 2.24) is 14.7 Å². The number of thioether (sulfide) groups is 1. The summed E-state index contributed by atoms with van der Waals surface area (Å²) in [5.74, 6) is 2.74. The number of amides is 1. The van der Waals surface area contributed by atoms with Crippen molar-refractivity contribution in [3.8, 4) is 17.2 Å². The number of nitrogens with zero attached hydrogens (tertiary/aromatic N) is 3. The van der Waals surface area contributed by atoms with Crippen molar-refractivity contribution in [3.05, 3.63) is 48.0 Å². The third kappa shape index (κ3) is 5.88. The fourth-order valence-corrected chi connectivity index (χ4v) is 6.35. The van der Waals surface area contributed by atoms with Gasteiger partial charge in [-0.2, -0.15) is 0 Å². The average Bonchev–Trinajstić information content (AvgIpc) is 3.13. The van der Waals surface area contributed by atoms with Gasteiger partial charge in [-0.1, -0.05) is 6.07 Å². The number of hydrogen-bond donors (Lipinski definition) is 0. The minimum atomic E-state index is -0.109. The Morgan fingerprint density at radius 1 is 1.03 bits per heavy atom. The van der Waals surface area contributed by atoms with E-state index in [2.05, 4.69) is 46.0 Å². The third-order valence-corrected chi connectivity index (χ3v) is 8.25. The first-order valence-electron chi connectivity index (χ1n) is 12.5. The van der Waals surface area contributed by atoms with E-state index in [1.807, 2.05) is 30.0 Å². The summed E-state index contributed by atoms with van der Waals surface area (Å²) in [6, 6.07) is 14.3. The van der Waals surface area contributed by atoms with Crippen molar-refractivity contribution >= 4 is 17.7 Å². The minimum absolute atomic E-state index is 0.109. The molecule has 8 heteroatoms. The van der Waals surface area contributed by atoms with Crippen molar-refractivity contribution in [2.75, 3.05) is 60.1 Å². The number of hydrogen-bond acceptors (Lipinski definition) is 7. The van der Waals surface area contributed by atoms with E-state index in [1.165, 1.54) is 4.90 Å². The number of ether oxygens (including phenoxy) is 3. The van der Waals surface area contributed by atoms with Crippen LogP contribution >= 0.6 is 11.8 Å². The van der Waals surface area contributed by atoms with Gasteiger partial charge >= 0.3 is 0 Å². The molecule has 0 saturated carbocycles. The molecule has 0 radical (unpaired) electrons. The molecule has 0 aromatic heterocycles. The first-order chi connectivity index (χ1) is 17.1. The molecule has 2 atom stereocenters. The Balaban J connectivity index is 1.32. The van der Waals surface area contributed by atoms with Crippen LogP contribution < -0.4 is 14.2 Å². The number of likely N-dealkylation sites (N-methyl/N-ethyl adjacent to an activating group) is 1. The van der Waals surface area contributed by atoms with Gasteiger partial charge in [-0.25, -0.2) is 0 Å². The maximum atomic E-state index is 13.8. The number of likely N-dealkylation sites (tertiary alicyclic amines) is 1. The number of benzene rings is 2. The van der Waals surface area contributed by atoms with Gasteiger partial charge in [0.15, 0.2) is 11.5 Å². The number of fused-ring (bicyclic) bond motifs is 1. The monoisotopic (exact) mass is 497 g/mol. The third-order valence-electron chi connectivity index (χ3n) is 7.04. The largest absolute Gasteiger partial charge is 0.497 e. The lowest BCUT2D eigenvalue weighted by Gasteiger charge is -2.29. The smallest absolute Gasteiger partial charge is 0.240 e. The highest BCUT2D eigenvalue weighted by atomic mass is 32.2. The predicted molar refractivity (Wildman–Crippen MR) is 138 cm³/mol. The summed E-state index contributed by atoms with van der Waals surface area (Å²) in [6.07, 6.45) is 1.88. The molecule has 3 heterocycles. The Bertz CT molecular complexity index is 1020. The second kappa shape index (κ2) is 11.1. The van der Waals surface area contributed by atoms with Gasteiger partial charge < -0.3 is 24.0 Å². The van der Waals surface area contributed by atoms with Crippen molar-refractivity contribution in [3.63, 3.8) is 0 Å². The zero-order chi connectivity index (χ0) is 24.2. The van der Waals surface area contributed by atoms with Gasteiger partial charge in [0.05, 0.1) is 13.2 Å². The van der Waals surface area contributed by atoms with E-state index < -0.39 is 0 Å². The predicted octanol–water partition coefficient (Wildman–Crippen LogP) is 3.37. The lowest BCUT2D eigenvalue weighted by atomic mass is 10.1. The Labute approximate surface area is 212 Å². The molecule has 2 aromatic carbocycles. The number of carbonyl (C=O) groups is 1. The first-order valence-corrected chi connectivity index (χ1v) is 13.4. The second-order valence-electron chi connectivity index (χ2n) is 9.56. The first kappa shape index (κ1) is 24.3. The van der Waals surface area contributed by atoms with Gasteiger partial charge in [0.2, 0.25) is 5.91 Å². The summed E-state index contributed by atoms with van der Waals surface area (Å²) in [5.41, 5.74) is 1.15. The van der Waals surface area contributed by atoms with Crippen LogP contribution in [0, 0.1) is 0 Å². The highest BCUT2D eigenvalue weighted by Crippen LogP contribution is 2.36. The molecule has 2 saturated heterocycles. The van der Waals surface area contributed by atoms with Crippen LogP contribution in [0.25, 0.3) is 0 Å². The molecule has 2 aromatic rings. The van der Waals surface area contributed by atoms with Crippen LogP contribution in [-0.4, -0.2) is 92.0 Å². The van der Waals surface area contributed by atoms with Crippen molar-refractivity contribution < 1.29 is 19.0 Å².